The summed E-state index contributed by atoms with van der Waals surface area (Å²) in [5.41, 5.74) is 6.83. The Morgan fingerprint density at radius 1 is 1.08 bits per heavy atom. The number of amides is 4. The van der Waals surface area contributed by atoms with Crippen LogP contribution in [-0.2, 0) is 30.4 Å². The van der Waals surface area contributed by atoms with Gasteiger partial charge in [0.15, 0.2) is 0 Å². The monoisotopic (exact) mass is 500 g/mol. The number of hydrogen-bond acceptors (Lipinski definition) is 6. The molecule has 1 aliphatic heterocycles. The second-order valence-electron chi connectivity index (χ2n) is 8.91. The van der Waals surface area contributed by atoms with Gasteiger partial charge in [-0.2, -0.15) is 0 Å². The van der Waals surface area contributed by atoms with E-state index >= 15 is 0 Å². The number of rotatable bonds is 12. The minimum Gasteiger partial charge on any atom is -0.480 e. The summed E-state index contributed by atoms with van der Waals surface area (Å²) in [6, 6.07) is 3.54. The smallest absolute Gasteiger partial charge is 0.325 e. The predicted octanol–water partition coefficient (Wildman–Crippen LogP) is -0.713. The Balaban J connectivity index is 1.80. The molecule has 12 heteroatoms. The van der Waals surface area contributed by atoms with Crippen LogP contribution in [0.2, 0.25) is 0 Å². The van der Waals surface area contributed by atoms with Gasteiger partial charge in [-0.25, -0.2) is 0 Å². The zero-order valence-electron chi connectivity index (χ0n) is 20.0. The van der Waals surface area contributed by atoms with Crippen LogP contribution in [0.25, 0.3) is 10.9 Å². The highest BCUT2D eigenvalue weighted by Crippen LogP contribution is 2.19. The van der Waals surface area contributed by atoms with E-state index in [4.69, 9.17) is 5.73 Å². The standard InChI is InChI=1S/C24H32N6O6/c1-13(24(35)36)28-23(34)19(11-14-12-27-16-6-3-2-5-15(14)16)30-22(33)18(8-9-20(25)31)29-21(32)17-7-4-10-26-17/h2-3,5-6,12-13,17-19,26-27H,4,7-11H2,1H3,(H2,25,31)(H,28,34)(H,29,32)(H,30,33)(H,35,36). The van der Waals surface area contributed by atoms with E-state index in [1.807, 2.05) is 24.3 Å². The number of carboxylic acid groups (broad SMARTS) is 1. The fourth-order valence-electron chi connectivity index (χ4n) is 4.11. The summed E-state index contributed by atoms with van der Waals surface area (Å²) >= 11 is 0. The van der Waals surface area contributed by atoms with E-state index in [2.05, 4.69) is 26.3 Å². The van der Waals surface area contributed by atoms with Crippen molar-refractivity contribution in [2.75, 3.05) is 6.54 Å². The number of primary amides is 1. The third-order valence-electron chi connectivity index (χ3n) is 6.15. The number of H-pyrrole nitrogens is 1. The van der Waals surface area contributed by atoms with Crippen molar-refractivity contribution in [3.63, 3.8) is 0 Å². The lowest BCUT2D eigenvalue weighted by Crippen LogP contribution is -2.57. The zero-order valence-corrected chi connectivity index (χ0v) is 20.0. The molecule has 1 aromatic heterocycles. The van der Waals surface area contributed by atoms with E-state index in [9.17, 15) is 29.1 Å². The molecule has 1 fully saturated rings. The molecule has 4 atom stereocenters. The summed E-state index contributed by atoms with van der Waals surface area (Å²) in [4.78, 5) is 64.6. The van der Waals surface area contributed by atoms with Gasteiger partial charge in [0.2, 0.25) is 23.6 Å². The second-order valence-corrected chi connectivity index (χ2v) is 8.91. The molecular weight excluding hydrogens is 468 g/mol. The number of nitrogens with two attached hydrogens (primary N) is 1. The molecule has 8 N–H and O–H groups in total. The number of carbonyl (C=O) groups excluding carboxylic acids is 4. The number of aromatic amines is 1. The number of para-hydroxylation sites is 1. The maximum Gasteiger partial charge on any atom is 0.325 e. The van der Waals surface area contributed by atoms with Crippen molar-refractivity contribution in [2.24, 2.45) is 5.73 Å². The summed E-state index contributed by atoms with van der Waals surface area (Å²) in [6.45, 7) is 2.00. The third-order valence-corrected chi connectivity index (χ3v) is 6.15. The predicted molar refractivity (Wildman–Crippen MR) is 131 cm³/mol. The first-order valence-electron chi connectivity index (χ1n) is 11.9. The summed E-state index contributed by atoms with van der Waals surface area (Å²) < 4.78 is 0. The first-order valence-corrected chi connectivity index (χ1v) is 11.9. The Bertz CT molecular complexity index is 1130. The average Bonchev–Trinajstić information content (AvgIpc) is 3.51. The normalized spacial score (nSPS) is 17.6. The van der Waals surface area contributed by atoms with Gasteiger partial charge >= 0.3 is 5.97 Å². The third kappa shape index (κ3) is 7.04. The van der Waals surface area contributed by atoms with Crippen LogP contribution < -0.4 is 27.0 Å². The summed E-state index contributed by atoms with van der Waals surface area (Å²) in [5, 5.41) is 20.8. The van der Waals surface area contributed by atoms with Crippen LogP contribution in [0, 0.1) is 0 Å². The lowest BCUT2D eigenvalue weighted by Gasteiger charge is -2.24. The van der Waals surface area contributed by atoms with E-state index in [0.29, 0.717) is 13.0 Å². The highest BCUT2D eigenvalue weighted by atomic mass is 16.4. The Kier molecular flexibility index (Phi) is 9.01. The van der Waals surface area contributed by atoms with Crippen LogP contribution in [-0.4, -0.2) is 70.4 Å². The SMILES string of the molecule is CC(NC(=O)C(Cc1c[nH]c2ccccc12)NC(=O)C(CCC(N)=O)NC(=O)C1CCCN1)C(=O)O. The van der Waals surface area contributed by atoms with Gasteiger partial charge in [-0.05, 0) is 44.4 Å². The van der Waals surface area contributed by atoms with E-state index < -0.39 is 47.9 Å². The molecule has 36 heavy (non-hydrogen) atoms. The largest absolute Gasteiger partial charge is 0.480 e. The van der Waals surface area contributed by atoms with Crippen molar-refractivity contribution >= 4 is 40.5 Å². The number of carboxylic acids is 1. The van der Waals surface area contributed by atoms with Gasteiger partial charge < -0.3 is 37.1 Å². The molecule has 0 radical (unpaired) electrons. The van der Waals surface area contributed by atoms with Crippen LogP contribution in [0.5, 0.6) is 0 Å². The molecule has 2 aromatic rings. The first-order chi connectivity index (χ1) is 17.2. The van der Waals surface area contributed by atoms with Crippen LogP contribution in [0.4, 0.5) is 0 Å². The fraction of sp³-hybridized carbons (Fsp3) is 0.458. The number of carbonyl (C=O) groups is 5. The Morgan fingerprint density at radius 3 is 2.47 bits per heavy atom. The van der Waals surface area contributed by atoms with E-state index in [1.165, 1.54) is 6.92 Å². The van der Waals surface area contributed by atoms with E-state index in [1.54, 1.807) is 6.20 Å². The molecule has 0 saturated carbocycles. The lowest BCUT2D eigenvalue weighted by atomic mass is 10.0. The molecule has 1 aromatic carbocycles. The van der Waals surface area contributed by atoms with Crippen LogP contribution in [0.15, 0.2) is 30.5 Å². The van der Waals surface area contributed by atoms with Crippen molar-refractivity contribution < 1.29 is 29.1 Å². The maximum atomic E-state index is 13.2. The molecule has 1 aliphatic rings. The Morgan fingerprint density at radius 2 is 1.81 bits per heavy atom. The van der Waals surface area contributed by atoms with Crippen molar-refractivity contribution in [2.45, 2.75) is 63.2 Å². The fourth-order valence-corrected chi connectivity index (χ4v) is 4.11. The van der Waals surface area contributed by atoms with Gasteiger partial charge in [0.25, 0.3) is 0 Å². The Labute approximate surface area is 207 Å². The second kappa shape index (κ2) is 12.2. The first kappa shape index (κ1) is 26.7. The minimum absolute atomic E-state index is 0.0490. The highest BCUT2D eigenvalue weighted by molar-refractivity contribution is 5.95. The molecule has 4 unspecified atom stereocenters. The van der Waals surface area contributed by atoms with Crippen molar-refractivity contribution in [1.29, 1.82) is 0 Å². The number of hydrogen-bond donors (Lipinski definition) is 7. The molecule has 3 rings (SSSR count). The highest BCUT2D eigenvalue weighted by Gasteiger charge is 2.31. The van der Waals surface area contributed by atoms with Crippen LogP contribution in [0.1, 0.15) is 38.2 Å². The average molecular weight is 501 g/mol. The van der Waals surface area contributed by atoms with Crippen LogP contribution in [0.3, 0.4) is 0 Å². The molecule has 4 amide bonds. The van der Waals surface area contributed by atoms with Crippen molar-refractivity contribution in [3.8, 4) is 0 Å². The summed E-state index contributed by atoms with van der Waals surface area (Å²) in [6.07, 6.45) is 3.03. The molecule has 0 spiro atoms. The van der Waals surface area contributed by atoms with Gasteiger partial charge in [0.1, 0.15) is 18.1 Å². The molecule has 194 valence electrons. The molecule has 0 aliphatic carbocycles. The molecular formula is C24H32N6O6. The maximum absolute atomic E-state index is 13.2. The van der Waals surface area contributed by atoms with Gasteiger partial charge in [0.05, 0.1) is 6.04 Å². The summed E-state index contributed by atoms with van der Waals surface area (Å²) in [5.74, 6) is -3.61. The number of aliphatic carboxylic acids is 1. The minimum atomic E-state index is -1.23. The molecule has 2 heterocycles. The van der Waals surface area contributed by atoms with E-state index in [-0.39, 0.29) is 25.2 Å². The summed E-state index contributed by atoms with van der Waals surface area (Å²) in [7, 11) is 0. The van der Waals surface area contributed by atoms with E-state index in [0.717, 1.165) is 22.9 Å². The zero-order chi connectivity index (χ0) is 26.2. The number of aromatic nitrogens is 1. The van der Waals surface area contributed by atoms with Crippen molar-refractivity contribution in [3.05, 3.63) is 36.0 Å². The van der Waals surface area contributed by atoms with Gasteiger partial charge in [-0.1, -0.05) is 18.2 Å². The van der Waals surface area contributed by atoms with Crippen molar-refractivity contribution in [1.82, 2.24) is 26.3 Å². The topological polar surface area (TPSA) is 196 Å². The number of fused-ring (bicyclic) bond motifs is 1. The molecule has 0 bridgehead atoms. The quantitative estimate of drug-likeness (QED) is 0.200. The number of nitrogens with one attached hydrogen (secondary N) is 5. The Hall–Kier alpha value is -3.93. The lowest BCUT2D eigenvalue weighted by molar-refractivity contribution is -0.141. The number of benzene rings is 1. The molecule has 12 nitrogen and oxygen atoms in total. The van der Waals surface area contributed by atoms with Gasteiger partial charge in [0, 0.05) is 29.9 Å². The van der Waals surface area contributed by atoms with Gasteiger partial charge in [-0.3, -0.25) is 24.0 Å². The molecule has 1 saturated heterocycles. The van der Waals surface area contributed by atoms with Gasteiger partial charge in [-0.15, -0.1) is 0 Å². The van der Waals surface area contributed by atoms with Crippen LogP contribution >= 0.6 is 0 Å².